The summed E-state index contributed by atoms with van der Waals surface area (Å²) < 4.78 is 0. The van der Waals surface area contributed by atoms with Crippen LogP contribution in [0.4, 0.5) is 10.5 Å². The molecule has 2 fully saturated rings. The van der Waals surface area contributed by atoms with Crippen LogP contribution in [0.15, 0.2) is 24.3 Å². The smallest absolute Gasteiger partial charge is 0.321 e. The number of hydrogen-bond donors (Lipinski definition) is 3. The summed E-state index contributed by atoms with van der Waals surface area (Å²) in [4.78, 5) is 25.6. The van der Waals surface area contributed by atoms with E-state index in [2.05, 4.69) is 43.8 Å². The third-order valence-corrected chi connectivity index (χ3v) is 4.62. The molecule has 3 amide bonds. The van der Waals surface area contributed by atoms with Crippen molar-refractivity contribution in [3.05, 3.63) is 29.8 Å². The maximum absolute atomic E-state index is 13.1. The minimum absolute atomic E-state index is 0.212. The van der Waals surface area contributed by atoms with E-state index in [0.717, 1.165) is 10.6 Å². The molecule has 0 bridgehead atoms. The molecule has 0 unspecified atom stereocenters. The molecule has 0 aromatic heterocycles. The molecule has 0 radical (unpaired) electrons. The Morgan fingerprint density at radius 1 is 1.00 bits per heavy atom. The maximum Gasteiger partial charge on any atom is 0.344 e. The van der Waals surface area contributed by atoms with Gasteiger partial charge >= 0.3 is 6.03 Å². The molecule has 1 spiro atoms. The highest BCUT2D eigenvalue weighted by molar-refractivity contribution is 6.08. The van der Waals surface area contributed by atoms with Gasteiger partial charge in [-0.15, -0.1) is 0 Å². The van der Waals surface area contributed by atoms with Crippen LogP contribution in [-0.2, 0) is 4.79 Å². The van der Waals surface area contributed by atoms with Crippen LogP contribution in [0.1, 0.15) is 46.1 Å². The topological polar surface area (TPSA) is 73.5 Å². The Kier molecular flexibility index (Phi) is 3.64. The molecule has 1 aromatic carbocycles. The molecule has 6 heteroatoms. The average molecular weight is 330 g/mol. The van der Waals surface area contributed by atoms with Gasteiger partial charge in [-0.1, -0.05) is 17.7 Å². The Balaban J connectivity index is 1.87. The van der Waals surface area contributed by atoms with Gasteiger partial charge in [0.2, 0.25) is 0 Å². The lowest BCUT2D eigenvalue weighted by molar-refractivity contribution is -0.133. The number of aryl methyl sites for hydroxylation is 1. The first-order valence-electron chi connectivity index (χ1n) is 8.31. The Bertz CT molecular complexity index is 663. The van der Waals surface area contributed by atoms with Crippen molar-refractivity contribution in [2.45, 2.75) is 64.1 Å². The van der Waals surface area contributed by atoms with Gasteiger partial charge in [0.05, 0.1) is 5.69 Å². The molecule has 6 nitrogen and oxygen atoms in total. The van der Waals surface area contributed by atoms with Crippen molar-refractivity contribution in [2.24, 2.45) is 0 Å². The number of hydrazine groups is 1. The van der Waals surface area contributed by atoms with Gasteiger partial charge in [0.1, 0.15) is 5.54 Å². The van der Waals surface area contributed by atoms with Crippen molar-refractivity contribution in [1.82, 2.24) is 15.6 Å². The number of carbonyl (C=O) groups excluding carboxylic acids is 2. The van der Waals surface area contributed by atoms with Crippen LogP contribution in [0, 0.1) is 6.92 Å². The number of piperidine rings is 1. The van der Waals surface area contributed by atoms with Gasteiger partial charge in [0.25, 0.3) is 5.91 Å². The van der Waals surface area contributed by atoms with Gasteiger partial charge in [-0.3, -0.25) is 10.2 Å². The average Bonchev–Trinajstić information content (AvgIpc) is 2.61. The molecule has 24 heavy (non-hydrogen) atoms. The molecule has 1 aromatic rings. The number of benzene rings is 1. The highest BCUT2D eigenvalue weighted by atomic mass is 16.2. The van der Waals surface area contributed by atoms with Crippen LogP contribution in [0.3, 0.4) is 0 Å². The molecular formula is C18H26N4O2. The van der Waals surface area contributed by atoms with E-state index in [1.54, 1.807) is 0 Å². The van der Waals surface area contributed by atoms with E-state index in [4.69, 9.17) is 0 Å². The van der Waals surface area contributed by atoms with Crippen molar-refractivity contribution in [3.63, 3.8) is 0 Å². The number of nitrogens with zero attached hydrogens (tertiary/aromatic N) is 1. The number of hydrogen-bond acceptors (Lipinski definition) is 4. The summed E-state index contributed by atoms with van der Waals surface area (Å²) in [7, 11) is 0. The monoisotopic (exact) mass is 330 g/mol. The van der Waals surface area contributed by atoms with Gasteiger partial charge in [0.15, 0.2) is 0 Å². The van der Waals surface area contributed by atoms with Crippen LogP contribution in [-0.4, -0.2) is 33.6 Å². The molecule has 2 heterocycles. The zero-order valence-corrected chi connectivity index (χ0v) is 15.0. The molecule has 2 saturated heterocycles. The number of nitrogens with one attached hydrogen (secondary N) is 3. The lowest BCUT2D eigenvalue weighted by Gasteiger charge is -2.50. The molecule has 3 N–H and O–H groups in total. The number of carbonyl (C=O) groups is 2. The molecule has 2 aliphatic rings. The summed E-state index contributed by atoms with van der Waals surface area (Å²) >= 11 is 0. The van der Waals surface area contributed by atoms with Gasteiger partial charge in [-0.2, -0.15) is 5.01 Å². The minimum atomic E-state index is -0.868. The van der Waals surface area contributed by atoms with Crippen LogP contribution in [0.5, 0.6) is 0 Å². The quantitative estimate of drug-likeness (QED) is 0.729. The SMILES string of the molecule is Cc1ccc(NN2C(=O)NC3(CC(C)(C)NC(C)(C)C3)C2=O)cc1. The largest absolute Gasteiger partial charge is 0.344 e. The van der Waals surface area contributed by atoms with Gasteiger partial charge in [-0.05, 0) is 59.6 Å². The molecule has 0 saturated carbocycles. The molecule has 0 aliphatic carbocycles. The number of amides is 3. The number of anilines is 1. The number of imide groups is 1. The molecule has 0 atom stereocenters. The predicted molar refractivity (Wildman–Crippen MR) is 93.4 cm³/mol. The Labute approximate surface area is 143 Å². The summed E-state index contributed by atoms with van der Waals surface area (Å²) in [6.07, 6.45) is 1.11. The summed E-state index contributed by atoms with van der Waals surface area (Å²) in [5.74, 6) is -0.212. The highest BCUT2D eigenvalue weighted by Crippen LogP contribution is 2.39. The first kappa shape index (κ1) is 16.8. The van der Waals surface area contributed by atoms with Crippen LogP contribution >= 0.6 is 0 Å². The normalized spacial score (nSPS) is 24.1. The second kappa shape index (κ2) is 5.21. The Morgan fingerprint density at radius 2 is 1.54 bits per heavy atom. The molecule has 130 valence electrons. The summed E-state index contributed by atoms with van der Waals surface area (Å²) in [5, 5.41) is 7.61. The third kappa shape index (κ3) is 2.98. The van der Waals surface area contributed by atoms with Crippen molar-refractivity contribution < 1.29 is 9.59 Å². The van der Waals surface area contributed by atoms with E-state index < -0.39 is 11.6 Å². The first-order chi connectivity index (χ1) is 11.0. The van der Waals surface area contributed by atoms with Crippen molar-refractivity contribution in [1.29, 1.82) is 0 Å². The minimum Gasteiger partial charge on any atom is -0.321 e. The van der Waals surface area contributed by atoms with Gasteiger partial charge in [0, 0.05) is 11.1 Å². The van der Waals surface area contributed by atoms with Gasteiger partial charge < -0.3 is 10.6 Å². The van der Waals surface area contributed by atoms with E-state index in [1.165, 1.54) is 0 Å². The molecule has 2 aliphatic heterocycles. The predicted octanol–water partition coefficient (Wildman–Crippen LogP) is 2.55. The second-order valence-electron chi connectivity index (χ2n) is 8.38. The van der Waals surface area contributed by atoms with Gasteiger partial charge in [-0.25, -0.2) is 4.79 Å². The van der Waals surface area contributed by atoms with Crippen molar-refractivity contribution in [3.8, 4) is 0 Å². The van der Waals surface area contributed by atoms with Crippen LogP contribution in [0.25, 0.3) is 0 Å². The maximum atomic E-state index is 13.1. The fraction of sp³-hybridized carbons (Fsp3) is 0.556. The van der Waals surface area contributed by atoms with Crippen molar-refractivity contribution in [2.75, 3.05) is 5.43 Å². The van der Waals surface area contributed by atoms with Crippen molar-refractivity contribution >= 4 is 17.6 Å². The fourth-order valence-electron chi connectivity index (χ4n) is 4.29. The standard InChI is InChI=1S/C18H26N4O2/c1-12-6-8-13(9-7-12)20-22-14(23)18(19-15(22)24)10-16(2,3)21-17(4,5)11-18/h6-9,20-21H,10-11H2,1-5H3,(H,19,24). The van der Waals surface area contributed by atoms with E-state index in [9.17, 15) is 9.59 Å². The van der Waals surface area contributed by atoms with Crippen LogP contribution in [0.2, 0.25) is 0 Å². The molecule has 3 rings (SSSR count). The zero-order valence-electron chi connectivity index (χ0n) is 15.0. The third-order valence-electron chi connectivity index (χ3n) is 4.62. The number of urea groups is 1. The highest BCUT2D eigenvalue weighted by Gasteiger charge is 2.58. The summed E-state index contributed by atoms with van der Waals surface area (Å²) in [6.45, 7) is 10.2. The lowest BCUT2D eigenvalue weighted by Crippen LogP contribution is -2.68. The van der Waals surface area contributed by atoms with E-state index in [-0.39, 0.29) is 17.0 Å². The van der Waals surface area contributed by atoms with Crippen LogP contribution < -0.4 is 16.1 Å². The fourth-order valence-corrected chi connectivity index (χ4v) is 4.29. The van der Waals surface area contributed by atoms with E-state index in [1.807, 2.05) is 31.2 Å². The summed E-state index contributed by atoms with van der Waals surface area (Å²) in [5.41, 5.74) is 3.42. The Hall–Kier alpha value is -2.08. The zero-order chi connectivity index (χ0) is 17.8. The lowest BCUT2D eigenvalue weighted by atomic mass is 9.71. The molecular weight excluding hydrogens is 304 g/mol. The van der Waals surface area contributed by atoms with E-state index in [0.29, 0.717) is 18.5 Å². The Morgan fingerprint density at radius 3 is 2.08 bits per heavy atom. The number of rotatable bonds is 2. The second-order valence-corrected chi connectivity index (χ2v) is 8.38. The summed E-state index contributed by atoms with van der Waals surface area (Å²) in [6, 6.07) is 7.20. The first-order valence-corrected chi connectivity index (χ1v) is 8.31. The van der Waals surface area contributed by atoms with E-state index >= 15 is 0 Å².